The first-order chi connectivity index (χ1) is 8.19. The van der Waals surface area contributed by atoms with E-state index in [-0.39, 0.29) is 12.5 Å². The summed E-state index contributed by atoms with van der Waals surface area (Å²) in [5, 5.41) is 12.1. The molecule has 0 saturated carbocycles. The molecule has 2 rings (SSSR count). The predicted octanol–water partition coefficient (Wildman–Crippen LogP) is 3.16. The summed E-state index contributed by atoms with van der Waals surface area (Å²) >= 11 is 3.55. The average Bonchev–Trinajstić information content (AvgIpc) is 2.35. The van der Waals surface area contributed by atoms with E-state index in [2.05, 4.69) is 29.8 Å². The summed E-state index contributed by atoms with van der Waals surface area (Å²) in [5.41, 5.74) is 1.13. The SMILES string of the molecule is CSc1ccc2c(c1)SCC(CCC(=O)O)N2. The largest absolute Gasteiger partial charge is 0.481 e. The van der Waals surface area contributed by atoms with Gasteiger partial charge in [0.1, 0.15) is 0 Å². The number of carbonyl (C=O) groups is 1. The van der Waals surface area contributed by atoms with Crippen molar-refractivity contribution in [3.8, 4) is 0 Å². The number of hydrogen-bond donors (Lipinski definition) is 2. The Labute approximate surface area is 109 Å². The van der Waals surface area contributed by atoms with E-state index in [0.717, 1.165) is 11.4 Å². The summed E-state index contributed by atoms with van der Waals surface area (Å²) in [6.45, 7) is 0. The van der Waals surface area contributed by atoms with Crippen LogP contribution < -0.4 is 5.32 Å². The lowest BCUT2D eigenvalue weighted by atomic mass is 10.1. The van der Waals surface area contributed by atoms with Crippen LogP contribution in [0, 0.1) is 0 Å². The number of carboxylic acids is 1. The van der Waals surface area contributed by atoms with Gasteiger partial charge in [0.15, 0.2) is 0 Å². The molecule has 1 atom stereocenters. The molecule has 0 aromatic heterocycles. The number of anilines is 1. The molecule has 1 aromatic rings. The first-order valence-corrected chi connectivity index (χ1v) is 7.69. The van der Waals surface area contributed by atoms with Gasteiger partial charge in [-0.1, -0.05) is 0 Å². The molecule has 1 unspecified atom stereocenters. The van der Waals surface area contributed by atoms with Gasteiger partial charge < -0.3 is 10.4 Å². The molecule has 0 spiro atoms. The smallest absolute Gasteiger partial charge is 0.303 e. The summed E-state index contributed by atoms with van der Waals surface area (Å²) in [6, 6.07) is 6.63. The number of fused-ring (bicyclic) bond motifs is 1. The van der Waals surface area contributed by atoms with Crippen LogP contribution in [-0.2, 0) is 4.79 Å². The molecule has 3 nitrogen and oxygen atoms in total. The molecule has 1 heterocycles. The van der Waals surface area contributed by atoms with Gasteiger partial charge in [-0.3, -0.25) is 4.79 Å². The van der Waals surface area contributed by atoms with Crippen LogP contribution in [0.25, 0.3) is 0 Å². The third-order valence-electron chi connectivity index (χ3n) is 2.70. The minimum Gasteiger partial charge on any atom is -0.481 e. The molecule has 2 N–H and O–H groups in total. The molecule has 92 valence electrons. The highest BCUT2D eigenvalue weighted by Gasteiger charge is 2.19. The molecule has 0 saturated heterocycles. The van der Waals surface area contributed by atoms with E-state index >= 15 is 0 Å². The van der Waals surface area contributed by atoms with Gasteiger partial charge in [-0.2, -0.15) is 0 Å². The van der Waals surface area contributed by atoms with Crippen LogP contribution in [-0.4, -0.2) is 29.1 Å². The molecule has 1 aliphatic heterocycles. The Bertz CT molecular complexity index is 423. The molecule has 1 aliphatic rings. The van der Waals surface area contributed by atoms with Crippen molar-refractivity contribution in [2.75, 3.05) is 17.3 Å². The van der Waals surface area contributed by atoms with E-state index in [9.17, 15) is 4.79 Å². The van der Waals surface area contributed by atoms with Gasteiger partial charge in [0.05, 0.1) is 0 Å². The van der Waals surface area contributed by atoms with Crippen molar-refractivity contribution in [3.05, 3.63) is 18.2 Å². The van der Waals surface area contributed by atoms with Crippen molar-refractivity contribution >= 4 is 35.2 Å². The Morgan fingerprint density at radius 3 is 3.18 bits per heavy atom. The Morgan fingerprint density at radius 1 is 1.65 bits per heavy atom. The van der Waals surface area contributed by atoms with Gasteiger partial charge in [-0.15, -0.1) is 23.5 Å². The summed E-state index contributed by atoms with van der Waals surface area (Å²) in [6.07, 6.45) is 2.99. The highest BCUT2D eigenvalue weighted by Crippen LogP contribution is 2.36. The third-order valence-corrected chi connectivity index (χ3v) is 4.64. The molecule has 0 aliphatic carbocycles. The maximum atomic E-state index is 10.5. The lowest BCUT2D eigenvalue weighted by molar-refractivity contribution is -0.137. The Hall–Kier alpha value is -0.810. The van der Waals surface area contributed by atoms with Crippen LogP contribution in [0.1, 0.15) is 12.8 Å². The number of carboxylic acid groups (broad SMARTS) is 1. The second-order valence-corrected chi connectivity index (χ2v) is 5.89. The number of nitrogens with one attached hydrogen (secondary N) is 1. The topological polar surface area (TPSA) is 49.3 Å². The molecule has 17 heavy (non-hydrogen) atoms. The third kappa shape index (κ3) is 3.33. The second-order valence-electron chi connectivity index (χ2n) is 3.95. The van der Waals surface area contributed by atoms with Crippen molar-refractivity contribution in [3.63, 3.8) is 0 Å². The highest BCUT2D eigenvalue weighted by molar-refractivity contribution is 8.00. The van der Waals surface area contributed by atoms with Gasteiger partial charge in [-0.05, 0) is 30.9 Å². The van der Waals surface area contributed by atoms with Crippen LogP contribution >= 0.6 is 23.5 Å². The van der Waals surface area contributed by atoms with E-state index < -0.39 is 5.97 Å². The van der Waals surface area contributed by atoms with Crippen LogP contribution in [0.5, 0.6) is 0 Å². The fraction of sp³-hybridized carbons (Fsp3) is 0.417. The second kappa shape index (κ2) is 5.69. The maximum Gasteiger partial charge on any atom is 0.303 e. The highest BCUT2D eigenvalue weighted by atomic mass is 32.2. The number of rotatable bonds is 4. The van der Waals surface area contributed by atoms with Crippen LogP contribution in [0.2, 0.25) is 0 Å². The predicted molar refractivity (Wildman–Crippen MR) is 73.2 cm³/mol. The quantitative estimate of drug-likeness (QED) is 0.822. The van der Waals surface area contributed by atoms with E-state index in [4.69, 9.17) is 5.11 Å². The number of benzene rings is 1. The molecule has 0 radical (unpaired) electrons. The van der Waals surface area contributed by atoms with Crippen molar-refractivity contribution in [1.29, 1.82) is 0 Å². The zero-order chi connectivity index (χ0) is 12.3. The Kier molecular flexibility index (Phi) is 4.23. The van der Waals surface area contributed by atoms with Gasteiger partial charge in [-0.25, -0.2) is 0 Å². The molecule has 5 heteroatoms. The summed E-state index contributed by atoms with van der Waals surface area (Å²) in [4.78, 5) is 13.1. The van der Waals surface area contributed by atoms with Gasteiger partial charge in [0.2, 0.25) is 0 Å². The van der Waals surface area contributed by atoms with Crippen molar-refractivity contribution < 1.29 is 9.90 Å². The van der Waals surface area contributed by atoms with E-state index in [0.29, 0.717) is 6.42 Å². The molecule has 0 amide bonds. The fourth-order valence-electron chi connectivity index (χ4n) is 1.77. The summed E-state index contributed by atoms with van der Waals surface area (Å²) in [7, 11) is 0. The monoisotopic (exact) mass is 269 g/mol. The van der Waals surface area contributed by atoms with Crippen LogP contribution in [0.3, 0.4) is 0 Å². The van der Waals surface area contributed by atoms with Crippen LogP contribution in [0.4, 0.5) is 5.69 Å². The first kappa shape index (κ1) is 12.6. The fourth-order valence-corrected chi connectivity index (χ4v) is 3.41. The molecule has 0 bridgehead atoms. The summed E-state index contributed by atoms with van der Waals surface area (Å²) < 4.78 is 0. The molecular formula is C12H15NO2S2. The van der Waals surface area contributed by atoms with Crippen molar-refractivity contribution in [2.45, 2.75) is 28.7 Å². The van der Waals surface area contributed by atoms with E-state index in [1.54, 1.807) is 11.8 Å². The standard InChI is InChI=1S/C12H15NO2S2/c1-16-9-3-4-10-11(6-9)17-7-8(13-10)2-5-12(14)15/h3-4,6,8,13H,2,5,7H2,1H3,(H,14,15). The van der Waals surface area contributed by atoms with Crippen molar-refractivity contribution in [2.24, 2.45) is 0 Å². The normalized spacial score (nSPS) is 18.3. The number of hydrogen-bond acceptors (Lipinski definition) is 4. The lowest BCUT2D eigenvalue weighted by Crippen LogP contribution is -2.26. The Balaban J connectivity index is 2.01. The number of thioether (sulfide) groups is 2. The molecule has 0 fully saturated rings. The van der Waals surface area contributed by atoms with E-state index in [1.165, 1.54) is 9.79 Å². The lowest BCUT2D eigenvalue weighted by Gasteiger charge is -2.26. The van der Waals surface area contributed by atoms with Gasteiger partial charge in [0, 0.05) is 33.7 Å². The Morgan fingerprint density at radius 2 is 2.47 bits per heavy atom. The summed E-state index contributed by atoms with van der Waals surface area (Å²) in [5.74, 6) is 0.221. The average molecular weight is 269 g/mol. The van der Waals surface area contributed by atoms with Gasteiger partial charge in [0.25, 0.3) is 0 Å². The molecule has 1 aromatic carbocycles. The van der Waals surface area contributed by atoms with Crippen LogP contribution in [0.15, 0.2) is 28.0 Å². The zero-order valence-electron chi connectivity index (χ0n) is 9.60. The maximum absolute atomic E-state index is 10.5. The van der Waals surface area contributed by atoms with Gasteiger partial charge >= 0.3 is 5.97 Å². The first-order valence-electron chi connectivity index (χ1n) is 5.48. The minimum atomic E-state index is -0.722. The van der Waals surface area contributed by atoms with E-state index in [1.807, 2.05) is 11.8 Å². The minimum absolute atomic E-state index is 0.233. The van der Waals surface area contributed by atoms with Crippen molar-refractivity contribution in [1.82, 2.24) is 0 Å². The molecular weight excluding hydrogens is 254 g/mol. The zero-order valence-corrected chi connectivity index (χ0v) is 11.2. The number of aliphatic carboxylic acids is 1.